The molecule has 0 heterocycles. The molecule has 0 aliphatic heterocycles. The summed E-state index contributed by atoms with van der Waals surface area (Å²) < 4.78 is 40.5. The Kier molecular flexibility index (Phi) is 5.39. The third-order valence-corrected chi connectivity index (χ3v) is 6.41. The van der Waals surface area contributed by atoms with Crippen molar-refractivity contribution >= 4 is 0 Å². The summed E-state index contributed by atoms with van der Waals surface area (Å²) >= 11 is 0. The molecule has 3 heteroatoms. The van der Waals surface area contributed by atoms with Gasteiger partial charge in [-0.15, -0.1) is 0 Å². The Hall–Kier alpha value is -0.210. The van der Waals surface area contributed by atoms with Gasteiger partial charge in [-0.2, -0.15) is 0 Å². The van der Waals surface area contributed by atoms with Gasteiger partial charge >= 0.3 is 0 Å². The maximum Gasteiger partial charge on any atom is 0.162 e. The molecule has 0 spiro atoms. The Morgan fingerprint density at radius 2 is 1.14 bits per heavy atom. The molecule has 0 aromatic heterocycles. The summed E-state index contributed by atoms with van der Waals surface area (Å²) in [5, 5.41) is 0. The molecule has 3 fully saturated rings. The molecule has 126 valence electrons. The predicted molar refractivity (Wildman–Crippen MR) is 83.5 cm³/mol. The maximum atomic E-state index is 13.6. The van der Waals surface area contributed by atoms with Crippen LogP contribution >= 0.6 is 0 Å². The number of halogens is 3. The van der Waals surface area contributed by atoms with E-state index in [2.05, 4.69) is 6.92 Å². The summed E-state index contributed by atoms with van der Waals surface area (Å²) in [6.07, 6.45) is 4.85. The van der Waals surface area contributed by atoms with E-state index in [0.29, 0.717) is 0 Å². The molecule has 0 saturated heterocycles. The highest BCUT2D eigenvalue weighted by Crippen LogP contribution is 2.47. The monoisotopic (exact) mass is 314 g/mol. The second kappa shape index (κ2) is 7.13. The van der Waals surface area contributed by atoms with Crippen LogP contribution in [-0.2, 0) is 0 Å². The van der Waals surface area contributed by atoms with E-state index in [1.807, 2.05) is 0 Å². The van der Waals surface area contributed by atoms with Crippen LogP contribution in [0.3, 0.4) is 0 Å². The smallest absolute Gasteiger partial charge is 0.162 e. The van der Waals surface area contributed by atoms with Crippen molar-refractivity contribution in [1.29, 1.82) is 0 Å². The van der Waals surface area contributed by atoms with Crippen molar-refractivity contribution in [3.05, 3.63) is 11.8 Å². The highest BCUT2D eigenvalue weighted by molar-refractivity contribution is 5.09. The van der Waals surface area contributed by atoms with Crippen LogP contribution in [0, 0.1) is 29.6 Å². The van der Waals surface area contributed by atoms with Crippen molar-refractivity contribution in [1.82, 2.24) is 0 Å². The first-order valence-electron chi connectivity index (χ1n) is 9.16. The lowest BCUT2D eigenvalue weighted by atomic mass is 9.65. The van der Waals surface area contributed by atoms with Gasteiger partial charge in [0.2, 0.25) is 0 Å². The summed E-state index contributed by atoms with van der Waals surface area (Å²) in [7, 11) is 0. The Morgan fingerprint density at radius 3 is 1.68 bits per heavy atom. The zero-order valence-electron chi connectivity index (χ0n) is 13.7. The van der Waals surface area contributed by atoms with Gasteiger partial charge in [0.05, 0.1) is 0 Å². The van der Waals surface area contributed by atoms with Gasteiger partial charge in [0.15, 0.2) is 6.17 Å². The molecule has 3 rings (SSSR count). The molecule has 2 atom stereocenters. The van der Waals surface area contributed by atoms with Gasteiger partial charge in [-0.1, -0.05) is 19.8 Å². The predicted octanol–water partition coefficient (Wildman–Crippen LogP) is 5.96. The molecule has 2 unspecified atom stereocenters. The van der Waals surface area contributed by atoms with Crippen LogP contribution in [0.1, 0.15) is 71.1 Å². The molecule has 3 saturated carbocycles. The fourth-order valence-corrected chi connectivity index (χ4v) is 4.81. The third kappa shape index (κ3) is 3.64. The van der Waals surface area contributed by atoms with E-state index in [1.54, 1.807) is 5.92 Å². The topological polar surface area (TPSA) is 0 Å². The molecule has 0 bridgehead atoms. The number of hydrogen-bond acceptors (Lipinski definition) is 0. The van der Waals surface area contributed by atoms with Crippen molar-refractivity contribution in [3.8, 4) is 0 Å². The minimum absolute atomic E-state index is 0.0191. The molecule has 0 aromatic carbocycles. The lowest BCUT2D eigenvalue weighted by molar-refractivity contribution is 0.0177. The SMILES string of the molecule is CC1CC[C](C2CC[C](C3CC(F)C(F)C(F)C3)CC2)CC1. The Labute approximate surface area is 133 Å². The Balaban J connectivity index is 1.47. The summed E-state index contributed by atoms with van der Waals surface area (Å²) in [4.78, 5) is 0. The minimum atomic E-state index is -1.90. The fraction of sp³-hybridized carbons (Fsp3) is 0.895. The zero-order valence-corrected chi connectivity index (χ0v) is 13.7. The molecule has 0 nitrogen and oxygen atoms in total. The summed E-state index contributed by atoms with van der Waals surface area (Å²) in [5.41, 5.74) is 0. The largest absolute Gasteiger partial charge is 0.244 e. The number of rotatable bonds is 2. The van der Waals surface area contributed by atoms with E-state index in [9.17, 15) is 13.2 Å². The van der Waals surface area contributed by atoms with Crippen molar-refractivity contribution in [2.24, 2.45) is 17.8 Å². The van der Waals surface area contributed by atoms with E-state index < -0.39 is 18.5 Å². The summed E-state index contributed by atoms with van der Waals surface area (Å²) in [6.45, 7) is 2.34. The molecule has 2 radical (unpaired) electrons. The van der Waals surface area contributed by atoms with Crippen molar-refractivity contribution in [2.75, 3.05) is 0 Å². The van der Waals surface area contributed by atoms with Crippen molar-refractivity contribution in [3.63, 3.8) is 0 Å². The average Bonchev–Trinajstić information content (AvgIpc) is 2.53. The Bertz CT molecular complexity index is 331. The molecule has 0 N–H and O–H groups in total. The summed E-state index contributed by atoms with van der Waals surface area (Å²) in [6, 6.07) is 0. The first-order valence-corrected chi connectivity index (χ1v) is 9.16. The molecule has 3 aliphatic carbocycles. The van der Waals surface area contributed by atoms with Gasteiger partial charge < -0.3 is 0 Å². The van der Waals surface area contributed by atoms with Crippen LogP contribution in [0.4, 0.5) is 13.2 Å². The van der Waals surface area contributed by atoms with Crippen molar-refractivity contribution < 1.29 is 13.2 Å². The van der Waals surface area contributed by atoms with Crippen molar-refractivity contribution in [2.45, 2.75) is 89.6 Å². The maximum absolute atomic E-state index is 13.6. The molecule has 0 aromatic rings. The second-order valence-corrected chi connectivity index (χ2v) is 7.92. The number of alkyl halides is 3. The standard InChI is InChI=1S/C19H29F3/c1-12-2-4-13(5-3-12)14-6-8-15(9-7-14)16-10-17(20)19(22)18(21)11-16/h12,14,16-19H,2-11H2,1H3. The Morgan fingerprint density at radius 1 is 0.682 bits per heavy atom. The third-order valence-electron chi connectivity index (χ3n) is 6.41. The lowest BCUT2D eigenvalue weighted by Gasteiger charge is -2.41. The van der Waals surface area contributed by atoms with Gasteiger partial charge in [0.1, 0.15) is 12.3 Å². The van der Waals surface area contributed by atoms with E-state index in [4.69, 9.17) is 0 Å². The van der Waals surface area contributed by atoms with E-state index in [1.165, 1.54) is 31.6 Å². The van der Waals surface area contributed by atoms with E-state index in [-0.39, 0.29) is 18.8 Å². The van der Waals surface area contributed by atoms with E-state index in [0.717, 1.165) is 37.5 Å². The second-order valence-electron chi connectivity index (χ2n) is 7.92. The van der Waals surface area contributed by atoms with Crippen LogP contribution in [0.5, 0.6) is 0 Å². The molecule has 3 aliphatic rings. The van der Waals surface area contributed by atoms with Crippen LogP contribution in [0.2, 0.25) is 0 Å². The van der Waals surface area contributed by atoms with Crippen LogP contribution in [0.15, 0.2) is 0 Å². The van der Waals surface area contributed by atoms with Gasteiger partial charge in [-0.05, 0) is 81.0 Å². The van der Waals surface area contributed by atoms with Crippen LogP contribution in [0.25, 0.3) is 0 Å². The van der Waals surface area contributed by atoms with Gasteiger partial charge in [-0.3, -0.25) is 0 Å². The van der Waals surface area contributed by atoms with E-state index >= 15 is 0 Å². The molecule has 0 amide bonds. The molecular formula is C19H29F3. The zero-order chi connectivity index (χ0) is 15.7. The summed E-state index contributed by atoms with van der Waals surface area (Å²) in [5.74, 6) is 4.65. The van der Waals surface area contributed by atoms with Gasteiger partial charge in [-0.25, -0.2) is 13.2 Å². The number of hydrogen-bond donors (Lipinski definition) is 0. The van der Waals surface area contributed by atoms with Crippen LogP contribution in [-0.4, -0.2) is 18.5 Å². The van der Waals surface area contributed by atoms with Crippen LogP contribution < -0.4 is 0 Å². The first kappa shape index (κ1) is 16.6. The molecule has 22 heavy (non-hydrogen) atoms. The quantitative estimate of drug-likeness (QED) is 0.590. The average molecular weight is 314 g/mol. The molecular weight excluding hydrogens is 285 g/mol. The minimum Gasteiger partial charge on any atom is -0.244 e. The highest BCUT2D eigenvalue weighted by atomic mass is 19.2. The normalized spacial score (nSPS) is 40.9. The lowest BCUT2D eigenvalue weighted by Crippen LogP contribution is -2.39. The van der Waals surface area contributed by atoms with Gasteiger partial charge in [0.25, 0.3) is 0 Å². The highest BCUT2D eigenvalue weighted by Gasteiger charge is 2.42. The first-order chi connectivity index (χ1) is 10.5. The van der Waals surface area contributed by atoms with Gasteiger partial charge in [0, 0.05) is 0 Å². The fourth-order valence-electron chi connectivity index (χ4n) is 4.81.